The molecule has 3 amide bonds. The van der Waals surface area contributed by atoms with E-state index in [-0.39, 0.29) is 17.5 Å². The molecule has 0 atom stereocenters. The maximum atomic E-state index is 12.1. The third kappa shape index (κ3) is 6.61. The first-order valence-corrected chi connectivity index (χ1v) is 9.46. The molecule has 3 N–H and O–H groups in total. The lowest BCUT2D eigenvalue weighted by molar-refractivity contribution is 0.0949. The minimum atomic E-state index is -0.422. The van der Waals surface area contributed by atoms with Crippen molar-refractivity contribution in [2.24, 2.45) is 5.92 Å². The molecular formula is C19H20Cl3N3O2. The summed E-state index contributed by atoms with van der Waals surface area (Å²) in [7, 11) is 0. The van der Waals surface area contributed by atoms with Gasteiger partial charge in [0.15, 0.2) is 0 Å². The fraction of sp³-hybridized carbons (Fsp3) is 0.263. The Kier molecular flexibility index (Phi) is 7.78. The van der Waals surface area contributed by atoms with E-state index in [0.29, 0.717) is 33.8 Å². The number of hydrogen-bond donors (Lipinski definition) is 3. The number of hydrogen-bond acceptors (Lipinski definition) is 2. The Bertz CT molecular complexity index is 841. The summed E-state index contributed by atoms with van der Waals surface area (Å²) in [6.07, 6.45) is 0. The first-order chi connectivity index (χ1) is 12.8. The number of anilines is 1. The average molecular weight is 429 g/mol. The molecule has 0 saturated heterocycles. The van der Waals surface area contributed by atoms with Crippen molar-refractivity contribution >= 4 is 52.4 Å². The van der Waals surface area contributed by atoms with Crippen LogP contribution in [0.1, 0.15) is 29.8 Å². The largest absolute Gasteiger partial charge is 0.352 e. The normalized spacial score (nSPS) is 10.6. The molecule has 0 saturated carbocycles. The van der Waals surface area contributed by atoms with Gasteiger partial charge in [-0.1, -0.05) is 54.7 Å². The van der Waals surface area contributed by atoms with Gasteiger partial charge in [0, 0.05) is 28.8 Å². The third-order valence-electron chi connectivity index (χ3n) is 3.60. The van der Waals surface area contributed by atoms with Crippen molar-refractivity contribution in [3.8, 4) is 0 Å². The number of halogens is 3. The second-order valence-corrected chi connectivity index (χ2v) is 7.59. The molecule has 2 aromatic rings. The molecule has 0 spiro atoms. The molecule has 2 aromatic carbocycles. The highest BCUT2D eigenvalue weighted by Crippen LogP contribution is 2.22. The standard InChI is InChI=1S/C19H20Cl3N3O2/c1-11(2)9-23-18(26)15-6-5-14(8-17(15)22)25-19(27)24-10-12-3-4-13(20)7-16(12)21/h3-8,11H,9-10H2,1-2H3,(H,23,26)(H2,24,25,27). The van der Waals surface area contributed by atoms with Crippen LogP contribution in [0.25, 0.3) is 0 Å². The molecule has 0 heterocycles. The summed E-state index contributed by atoms with van der Waals surface area (Å²) in [5, 5.41) is 9.43. The smallest absolute Gasteiger partial charge is 0.319 e. The van der Waals surface area contributed by atoms with Gasteiger partial charge >= 0.3 is 6.03 Å². The van der Waals surface area contributed by atoms with Gasteiger partial charge in [-0.25, -0.2) is 4.79 Å². The van der Waals surface area contributed by atoms with Crippen LogP contribution in [0.15, 0.2) is 36.4 Å². The number of carbonyl (C=O) groups is 2. The van der Waals surface area contributed by atoms with E-state index in [1.54, 1.807) is 30.3 Å². The topological polar surface area (TPSA) is 70.2 Å². The summed E-state index contributed by atoms with van der Waals surface area (Å²) in [4.78, 5) is 24.2. The maximum absolute atomic E-state index is 12.1. The van der Waals surface area contributed by atoms with Gasteiger partial charge in [-0.2, -0.15) is 0 Å². The lowest BCUT2D eigenvalue weighted by Gasteiger charge is -2.12. The second-order valence-electron chi connectivity index (χ2n) is 6.34. The van der Waals surface area contributed by atoms with Crippen LogP contribution in [-0.2, 0) is 6.54 Å². The van der Waals surface area contributed by atoms with Gasteiger partial charge in [-0.05, 0) is 41.8 Å². The SMILES string of the molecule is CC(C)CNC(=O)c1ccc(NC(=O)NCc2ccc(Cl)cc2Cl)cc1Cl. The molecule has 8 heteroatoms. The monoisotopic (exact) mass is 427 g/mol. The summed E-state index contributed by atoms with van der Waals surface area (Å²) in [6.45, 7) is 4.81. The first-order valence-electron chi connectivity index (χ1n) is 8.32. The van der Waals surface area contributed by atoms with Crippen LogP contribution in [0.3, 0.4) is 0 Å². The van der Waals surface area contributed by atoms with Crippen LogP contribution in [0.2, 0.25) is 15.1 Å². The summed E-state index contributed by atoms with van der Waals surface area (Å²) in [6, 6.07) is 9.35. The average Bonchev–Trinajstić information content (AvgIpc) is 2.59. The fourth-order valence-corrected chi connectivity index (χ4v) is 2.93. The zero-order valence-electron chi connectivity index (χ0n) is 14.9. The van der Waals surface area contributed by atoms with Gasteiger partial charge in [-0.3, -0.25) is 4.79 Å². The third-order valence-corrected chi connectivity index (χ3v) is 4.50. The highest BCUT2D eigenvalue weighted by molar-refractivity contribution is 6.35. The van der Waals surface area contributed by atoms with Crippen LogP contribution in [0.4, 0.5) is 10.5 Å². The summed E-state index contributed by atoms with van der Waals surface area (Å²) in [5.74, 6) is 0.0913. The van der Waals surface area contributed by atoms with Crippen LogP contribution in [0.5, 0.6) is 0 Å². The van der Waals surface area contributed by atoms with Gasteiger partial charge < -0.3 is 16.0 Å². The minimum absolute atomic E-state index is 0.241. The number of amides is 3. The molecule has 2 rings (SSSR count). The Balaban J connectivity index is 1.93. The van der Waals surface area contributed by atoms with Gasteiger partial charge in [0.05, 0.1) is 10.6 Å². The van der Waals surface area contributed by atoms with E-state index in [0.717, 1.165) is 5.56 Å². The van der Waals surface area contributed by atoms with E-state index in [1.165, 1.54) is 6.07 Å². The Morgan fingerprint density at radius 2 is 1.70 bits per heavy atom. The Morgan fingerprint density at radius 3 is 2.33 bits per heavy atom. The lowest BCUT2D eigenvalue weighted by Crippen LogP contribution is -2.29. The molecule has 27 heavy (non-hydrogen) atoms. The van der Waals surface area contributed by atoms with E-state index in [2.05, 4.69) is 16.0 Å². The van der Waals surface area contributed by atoms with Gasteiger partial charge in [0.2, 0.25) is 0 Å². The van der Waals surface area contributed by atoms with Crippen LogP contribution >= 0.6 is 34.8 Å². The summed E-state index contributed by atoms with van der Waals surface area (Å²) < 4.78 is 0. The zero-order chi connectivity index (χ0) is 20.0. The molecule has 144 valence electrons. The van der Waals surface area contributed by atoms with Gasteiger partial charge in [0.25, 0.3) is 5.91 Å². The highest BCUT2D eigenvalue weighted by Gasteiger charge is 2.12. The number of rotatable bonds is 6. The second kappa shape index (κ2) is 9.83. The van der Waals surface area contributed by atoms with E-state index in [9.17, 15) is 9.59 Å². The Morgan fingerprint density at radius 1 is 0.963 bits per heavy atom. The molecule has 5 nitrogen and oxygen atoms in total. The Hall–Kier alpha value is -1.95. The molecule has 0 aromatic heterocycles. The summed E-state index contributed by atoms with van der Waals surface area (Å²) >= 11 is 18.1. The van der Waals surface area contributed by atoms with Gasteiger partial charge in [-0.15, -0.1) is 0 Å². The predicted molar refractivity (Wildman–Crippen MR) is 111 cm³/mol. The highest BCUT2D eigenvalue weighted by atomic mass is 35.5. The quantitative estimate of drug-likeness (QED) is 0.580. The van der Waals surface area contributed by atoms with E-state index in [1.807, 2.05) is 13.8 Å². The molecule has 0 bridgehead atoms. The van der Waals surface area contributed by atoms with Crippen LogP contribution in [-0.4, -0.2) is 18.5 Å². The van der Waals surface area contributed by atoms with Crippen molar-refractivity contribution in [3.63, 3.8) is 0 Å². The molecule has 0 aliphatic rings. The number of carbonyl (C=O) groups excluding carboxylic acids is 2. The fourth-order valence-electron chi connectivity index (χ4n) is 2.18. The molecule has 0 unspecified atom stereocenters. The van der Waals surface area contributed by atoms with Gasteiger partial charge in [0.1, 0.15) is 0 Å². The van der Waals surface area contributed by atoms with Crippen molar-refractivity contribution in [3.05, 3.63) is 62.6 Å². The molecule has 0 fully saturated rings. The number of urea groups is 1. The number of benzene rings is 2. The van der Waals surface area contributed by atoms with Crippen LogP contribution < -0.4 is 16.0 Å². The van der Waals surface area contributed by atoms with Crippen LogP contribution in [0, 0.1) is 5.92 Å². The first kappa shape index (κ1) is 21.4. The zero-order valence-corrected chi connectivity index (χ0v) is 17.2. The van der Waals surface area contributed by atoms with Crippen molar-refractivity contribution in [1.82, 2.24) is 10.6 Å². The van der Waals surface area contributed by atoms with E-state index >= 15 is 0 Å². The molecular weight excluding hydrogens is 409 g/mol. The van der Waals surface area contributed by atoms with E-state index in [4.69, 9.17) is 34.8 Å². The van der Waals surface area contributed by atoms with Crippen molar-refractivity contribution in [2.75, 3.05) is 11.9 Å². The Labute approximate surface area is 173 Å². The maximum Gasteiger partial charge on any atom is 0.319 e. The summed E-state index contributed by atoms with van der Waals surface area (Å²) in [5.41, 5.74) is 1.57. The molecule has 0 aliphatic heterocycles. The number of nitrogens with one attached hydrogen (secondary N) is 3. The van der Waals surface area contributed by atoms with Crippen molar-refractivity contribution in [1.29, 1.82) is 0 Å². The minimum Gasteiger partial charge on any atom is -0.352 e. The molecule has 0 radical (unpaired) electrons. The lowest BCUT2D eigenvalue weighted by atomic mass is 10.1. The van der Waals surface area contributed by atoms with Crippen molar-refractivity contribution < 1.29 is 9.59 Å². The van der Waals surface area contributed by atoms with Crippen molar-refractivity contribution in [2.45, 2.75) is 20.4 Å². The van der Waals surface area contributed by atoms with E-state index < -0.39 is 6.03 Å². The predicted octanol–water partition coefficient (Wildman–Crippen LogP) is 5.35. The molecule has 0 aliphatic carbocycles.